The van der Waals surface area contributed by atoms with E-state index in [1.807, 2.05) is 30.2 Å². The van der Waals surface area contributed by atoms with Crippen LogP contribution in [0.1, 0.15) is 19.4 Å². The van der Waals surface area contributed by atoms with E-state index < -0.39 is 0 Å². The maximum atomic E-state index is 5.38. The maximum absolute atomic E-state index is 5.38. The van der Waals surface area contributed by atoms with Gasteiger partial charge in [-0.3, -0.25) is 4.98 Å². The molecule has 0 bridgehead atoms. The Kier molecular flexibility index (Phi) is 3.66. The van der Waals surface area contributed by atoms with E-state index in [0.29, 0.717) is 6.04 Å². The van der Waals surface area contributed by atoms with Crippen molar-refractivity contribution in [2.45, 2.75) is 19.4 Å². The van der Waals surface area contributed by atoms with E-state index >= 15 is 0 Å². The van der Waals surface area contributed by atoms with Crippen molar-refractivity contribution in [3.05, 3.63) is 23.2 Å². The number of thioether (sulfide) groups is 1. The third-order valence-electron chi connectivity index (χ3n) is 2.71. The Morgan fingerprint density at radius 3 is 3.12 bits per heavy atom. The van der Waals surface area contributed by atoms with Gasteiger partial charge < -0.3 is 9.55 Å². The summed E-state index contributed by atoms with van der Waals surface area (Å²) in [5.74, 6) is 1.08. The van der Waals surface area contributed by atoms with Gasteiger partial charge in [0.05, 0.1) is 17.2 Å². The van der Waals surface area contributed by atoms with Crippen LogP contribution in [0.4, 0.5) is 0 Å². The summed E-state index contributed by atoms with van der Waals surface area (Å²) in [6.07, 6.45) is 6.85. The molecular formula is C11H15N3S2. The fraction of sp³-hybridized carbons (Fsp3) is 0.455. The molecule has 2 aromatic rings. The smallest absolute Gasteiger partial charge is 0.178 e. The van der Waals surface area contributed by atoms with Gasteiger partial charge in [0.2, 0.25) is 0 Å². The highest BCUT2D eigenvalue weighted by molar-refractivity contribution is 7.98. The summed E-state index contributed by atoms with van der Waals surface area (Å²) >= 11 is 7.23. The lowest BCUT2D eigenvalue weighted by molar-refractivity contribution is 0.547. The Morgan fingerprint density at radius 2 is 2.44 bits per heavy atom. The third-order valence-corrected chi connectivity index (χ3v) is 3.73. The molecule has 0 saturated heterocycles. The van der Waals surface area contributed by atoms with Crippen molar-refractivity contribution in [3.8, 4) is 0 Å². The summed E-state index contributed by atoms with van der Waals surface area (Å²) < 4.78 is 3.01. The molecule has 1 N–H and O–H groups in total. The molecule has 0 saturated carbocycles. The van der Waals surface area contributed by atoms with Gasteiger partial charge in [0, 0.05) is 18.0 Å². The topological polar surface area (TPSA) is 33.6 Å². The molecule has 16 heavy (non-hydrogen) atoms. The molecule has 0 aliphatic heterocycles. The fourth-order valence-corrected chi connectivity index (χ4v) is 3.04. The molecule has 86 valence electrons. The number of pyridine rings is 1. The van der Waals surface area contributed by atoms with Crippen LogP contribution in [-0.4, -0.2) is 26.5 Å². The summed E-state index contributed by atoms with van der Waals surface area (Å²) in [5.41, 5.74) is 2.17. The first-order chi connectivity index (χ1) is 7.77. The summed E-state index contributed by atoms with van der Waals surface area (Å²) in [7, 11) is 0. The minimum atomic E-state index is 0.457. The van der Waals surface area contributed by atoms with Gasteiger partial charge >= 0.3 is 0 Å². The number of fused-ring (bicyclic) bond motifs is 1. The first-order valence-corrected chi connectivity index (χ1v) is 7.11. The molecule has 1 unspecified atom stereocenters. The highest BCUT2D eigenvalue weighted by Crippen LogP contribution is 2.23. The van der Waals surface area contributed by atoms with Crippen LogP contribution in [0.5, 0.6) is 0 Å². The van der Waals surface area contributed by atoms with E-state index in [-0.39, 0.29) is 0 Å². The molecule has 5 heteroatoms. The zero-order valence-corrected chi connectivity index (χ0v) is 11.1. The summed E-state index contributed by atoms with van der Waals surface area (Å²) in [5, 5.41) is 0. The Labute approximate surface area is 104 Å². The minimum Gasteiger partial charge on any atom is -0.329 e. The molecule has 0 amide bonds. The number of nitrogens with one attached hydrogen (secondary N) is 1. The van der Waals surface area contributed by atoms with Crippen molar-refractivity contribution in [1.29, 1.82) is 0 Å². The van der Waals surface area contributed by atoms with Crippen molar-refractivity contribution in [2.24, 2.45) is 0 Å². The largest absolute Gasteiger partial charge is 0.329 e. The Balaban J connectivity index is 2.57. The highest BCUT2D eigenvalue weighted by atomic mass is 32.2. The molecule has 2 aromatic heterocycles. The summed E-state index contributed by atoms with van der Waals surface area (Å²) in [6, 6.07) is 2.48. The molecule has 0 aliphatic carbocycles. The standard InChI is InChI=1S/C11H15N3S2/c1-3-8(7-16-2)14-10-4-5-12-6-9(10)13-11(14)15/h4-6,8H,3,7H2,1-2H3,(H,13,15). The molecule has 0 aromatic carbocycles. The van der Waals surface area contributed by atoms with E-state index in [1.165, 1.54) is 0 Å². The van der Waals surface area contributed by atoms with Crippen LogP contribution in [0.25, 0.3) is 11.0 Å². The average Bonchev–Trinajstić information content (AvgIpc) is 2.62. The molecule has 1 atom stereocenters. The quantitative estimate of drug-likeness (QED) is 0.848. The number of rotatable bonds is 4. The van der Waals surface area contributed by atoms with Gasteiger partial charge in [-0.15, -0.1) is 0 Å². The molecule has 0 radical (unpaired) electrons. The second-order valence-corrected chi connectivity index (χ2v) is 5.01. The van der Waals surface area contributed by atoms with Crippen molar-refractivity contribution >= 4 is 35.0 Å². The molecule has 2 heterocycles. The Hall–Kier alpha value is -0.810. The van der Waals surface area contributed by atoms with Crippen LogP contribution in [0.3, 0.4) is 0 Å². The van der Waals surface area contributed by atoms with Gasteiger partial charge in [0.25, 0.3) is 0 Å². The van der Waals surface area contributed by atoms with E-state index in [0.717, 1.165) is 28.0 Å². The van der Waals surface area contributed by atoms with Gasteiger partial charge in [-0.25, -0.2) is 0 Å². The van der Waals surface area contributed by atoms with E-state index in [2.05, 4.69) is 27.7 Å². The SMILES string of the molecule is CCC(CSC)n1c(=S)[nH]c2cnccc21. The van der Waals surface area contributed by atoms with E-state index in [1.54, 1.807) is 0 Å². The number of hydrogen-bond acceptors (Lipinski definition) is 3. The van der Waals surface area contributed by atoms with Crippen molar-refractivity contribution < 1.29 is 0 Å². The predicted octanol–water partition coefficient (Wildman–Crippen LogP) is 3.41. The molecule has 0 spiro atoms. The zero-order valence-electron chi connectivity index (χ0n) is 9.43. The number of aromatic amines is 1. The number of H-pyrrole nitrogens is 1. The summed E-state index contributed by atoms with van der Waals surface area (Å²) in [4.78, 5) is 7.31. The van der Waals surface area contributed by atoms with Gasteiger partial charge in [-0.05, 0) is 31.0 Å². The lowest BCUT2D eigenvalue weighted by Crippen LogP contribution is -2.10. The molecule has 0 fully saturated rings. The van der Waals surface area contributed by atoms with Gasteiger partial charge in [0.15, 0.2) is 4.77 Å². The number of aromatic nitrogens is 3. The maximum Gasteiger partial charge on any atom is 0.178 e. The van der Waals surface area contributed by atoms with Gasteiger partial charge in [-0.2, -0.15) is 11.8 Å². The molecule has 3 nitrogen and oxygen atoms in total. The number of hydrogen-bond donors (Lipinski definition) is 1. The van der Waals surface area contributed by atoms with Crippen molar-refractivity contribution in [1.82, 2.24) is 14.5 Å². The van der Waals surface area contributed by atoms with E-state index in [9.17, 15) is 0 Å². The van der Waals surface area contributed by atoms with Crippen molar-refractivity contribution in [3.63, 3.8) is 0 Å². The molecule has 2 rings (SSSR count). The van der Waals surface area contributed by atoms with Crippen molar-refractivity contribution in [2.75, 3.05) is 12.0 Å². The highest BCUT2D eigenvalue weighted by Gasteiger charge is 2.12. The first-order valence-electron chi connectivity index (χ1n) is 5.31. The average molecular weight is 253 g/mol. The number of imidazole rings is 1. The first kappa shape index (κ1) is 11.7. The van der Waals surface area contributed by atoms with Crippen LogP contribution in [0, 0.1) is 4.77 Å². The fourth-order valence-electron chi connectivity index (χ4n) is 1.91. The van der Waals surface area contributed by atoms with Gasteiger partial charge in [-0.1, -0.05) is 6.92 Å². The van der Waals surface area contributed by atoms with Crippen LogP contribution in [0.2, 0.25) is 0 Å². The van der Waals surface area contributed by atoms with Crippen LogP contribution < -0.4 is 0 Å². The monoisotopic (exact) mass is 253 g/mol. The predicted molar refractivity (Wildman–Crippen MR) is 72.6 cm³/mol. The van der Waals surface area contributed by atoms with Gasteiger partial charge in [0.1, 0.15) is 0 Å². The minimum absolute atomic E-state index is 0.457. The second kappa shape index (κ2) is 5.01. The normalized spacial score (nSPS) is 13.1. The third kappa shape index (κ3) is 2.01. The van der Waals surface area contributed by atoms with Crippen LogP contribution >= 0.6 is 24.0 Å². The molecular weight excluding hydrogens is 238 g/mol. The lowest BCUT2D eigenvalue weighted by Gasteiger charge is -2.16. The summed E-state index contributed by atoms with van der Waals surface area (Å²) in [6.45, 7) is 2.20. The second-order valence-electron chi connectivity index (χ2n) is 3.71. The van der Waals surface area contributed by atoms with E-state index in [4.69, 9.17) is 12.2 Å². The van der Waals surface area contributed by atoms with Crippen LogP contribution in [-0.2, 0) is 0 Å². The lowest BCUT2D eigenvalue weighted by atomic mass is 10.2. The Morgan fingerprint density at radius 1 is 1.62 bits per heavy atom. The van der Waals surface area contributed by atoms with Crippen LogP contribution in [0.15, 0.2) is 18.5 Å². The Bertz CT molecular complexity index is 529. The zero-order chi connectivity index (χ0) is 11.5. The number of nitrogens with zero attached hydrogens (tertiary/aromatic N) is 2. The molecule has 0 aliphatic rings.